The van der Waals surface area contributed by atoms with Gasteiger partial charge in [-0.1, -0.05) is 12.1 Å². The summed E-state index contributed by atoms with van der Waals surface area (Å²) < 4.78 is 2.05. The molecule has 2 aromatic carbocycles. The predicted molar refractivity (Wildman–Crippen MR) is 73.9 cm³/mol. The van der Waals surface area contributed by atoms with Gasteiger partial charge in [-0.15, -0.1) is 0 Å². The number of benzene rings is 2. The number of aliphatic hydroxyl groups is 1. The third-order valence-electron chi connectivity index (χ3n) is 3.19. The van der Waals surface area contributed by atoms with Gasteiger partial charge in [0.25, 0.3) is 0 Å². The van der Waals surface area contributed by atoms with Gasteiger partial charge in [-0.3, -0.25) is 0 Å². The minimum absolute atomic E-state index is 0.0334. The summed E-state index contributed by atoms with van der Waals surface area (Å²) >= 11 is 0. The van der Waals surface area contributed by atoms with Crippen molar-refractivity contribution in [3.05, 3.63) is 65.9 Å². The third-order valence-corrected chi connectivity index (χ3v) is 3.19. The molecule has 0 saturated carbocycles. The van der Waals surface area contributed by atoms with Crippen LogP contribution < -0.4 is 0 Å². The molecule has 3 rings (SSSR count). The largest absolute Gasteiger partial charge is 0.392 e. The van der Waals surface area contributed by atoms with Crippen molar-refractivity contribution in [3.63, 3.8) is 0 Å². The van der Waals surface area contributed by atoms with Gasteiger partial charge in [0.1, 0.15) is 0 Å². The number of rotatable bonds is 2. The number of nitriles is 1. The lowest BCUT2D eigenvalue weighted by molar-refractivity contribution is 0.282. The van der Waals surface area contributed by atoms with E-state index in [4.69, 9.17) is 5.26 Å². The fourth-order valence-corrected chi connectivity index (χ4v) is 2.24. The highest BCUT2D eigenvalue weighted by Gasteiger charge is 2.04. The summed E-state index contributed by atoms with van der Waals surface area (Å²) in [5.74, 6) is 0. The van der Waals surface area contributed by atoms with Crippen molar-refractivity contribution in [2.75, 3.05) is 0 Å². The molecular formula is C16H12N2O. The Hall–Kier alpha value is -2.57. The fraction of sp³-hybridized carbons (Fsp3) is 0.0625. The van der Waals surface area contributed by atoms with Crippen molar-refractivity contribution in [2.45, 2.75) is 6.61 Å². The topological polar surface area (TPSA) is 49.0 Å². The number of nitrogens with zero attached hydrogens (tertiary/aromatic N) is 2. The molecule has 0 unspecified atom stereocenters. The molecule has 19 heavy (non-hydrogen) atoms. The van der Waals surface area contributed by atoms with Gasteiger partial charge in [-0.05, 0) is 42.0 Å². The maximum absolute atomic E-state index is 9.20. The first kappa shape index (κ1) is 11.5. The van der Waals surface area contributed by atoms with Crippen molar-refractivity contribution in [1.29, 1.82) is 5.26 Å². The van der Waals surface area contributed by atoms with E-state index in [0.717, 1.165) is 22.2 Å². The first-order valence-corrected chi connectivity index (χ1v) is 6.03. The molecule has 0 atom stereocenters. The zero-order valence-corrected chi connectivity index (χ0v) is 10.2. The van der Waals surface area contributed by atoms with Crippen LogP contribution in [0.1, 0.15) is 11.1 Å². The summed E-state index contributed by atoms with van der Waals surface area (Å²) in [6, 6.07) is 17.5. The highest BCUT2D eigenvalue weighted by atomic mass is 16.3. The summed E-state index contributed by atoms with van der Waals surface area (Å²) in [5.41, 5.74) is 3.60. The lowest BCUT2D eigenvalue weighted by Crippen LogP contribution is -1.93. The van der Waals surface area contributed by atoms with Crippen molar-refractivity contribution in [1.82, 2.24) is 4.57 Å². The molecule has 0 amide bonds. The van der Waals surface area contributed by atoms with Crippen LogP contribution in [-0.2, 0) is 6.61 Å². The Labute approximate surface area is 111 Å². The minimum Gasteiger partial charge on any atom is -0.392 e. The second-order valence-electron chi connectivity index (χ2n) is 4.40. The van der Waals surface area contributed by atoms with E-state index >= 15 is 0 Å². The SMILES string of the molecule is N#Cc1ccc2c(ccn2-c2cccc(CO)c2)c1. The van der Waals surface area contributed by atoms with E-state index in [1.165, 1.54) is 0 Å². The Morgan fingerprint density at radius 1 is 1.11 bits per heavy atom. The van der Waals surface area contributed by atoms with Crippen LogP contribution in [0, 0.1) is 11.3 Å². The van der Waals surface area contributed by atoms with Crippen molar-refractivity contribution in [2.24, 2.45) is 0 Å². The van der Waals surface area contributed by atoms with Crippen LogP contribution in [0.25, 0.3) is 16.6 Å². The van der Waals surface area contributed by atoms with Crippen LogP contribution in [0.2, 0.25) is 0 Å². The minimum atomic E-state index is 0.0334. The standard InChI is InChI=1S/C16H12N2O/c17-10-12-4-5-16-14(8-12)6-7-18(16)15-3-1-2-13(9-15)11-19/h1-9,19H,11H2. The molecule has 1 aromatic heterocycles. The third kappa shape index (κ3) is 1.99. The van der Waals surface area contributed by atoms with Gasteiger partial charge < -0.3 is 9.67 Å². The van der Waals surface area contributed by atoms with Crippen LogP contribution in [0.15, 0.2) is 54.7 Å². The van der Waals surface area contributed by atoms with Crippen molar-refractivity contribution >= 4 is 10.9 Å². The fourth-order valence-electron chi connectivity index (χ4n) is 2.24. The molecule has 0 saturated heterocycles. The summed E-state index contributed by atoms with van der Waals surface area (Å²) in [5, 5.41) is 19.1. The van der Waals surface area contributed by atoms with E-state index in [2.05, 4.69) is 10.6 Å². The van der Waals surface area contributed by atoms with E-state index < -0.39 is 0 Å². The molecule has 3 heteroatoms. The average Bonchev–Trinajstić information content (AvgIpc) is 2.90. The van der Waals surface area contributed by atoms with E-state index in [1.54, 1.807) is 0 Å². The maximum atomic E-state index is 9.20. The average molecular weight is 248 g/mol. The highest BCUT2D eigenvalue weighted by molar-refractivity contribution is 5.83. The van der Waals surface area contributed by atoms with Gasteiger partial charge >= 0.3 is 0 Å². The Bertz CT molecular complexity index is 781. The molecule has 1 N–H and O–H groups in total. The number of aliphatic hydroxyl groups excluding tert-OH is 1. The molecule has 0 aliphatic heterocycles. The first-order valence-electron chi connectivity index (χ1n) is 6.03. The molecule has 0 bridgehead atoms. The molecule has 0 aliphatic rings. The molecule has 1 heterocycles. The summed E-state index contributed by atoms with van der Waals surface area (Å²) in [6.07, 6.45) is 1.97. The van der Waals surface area contributed by atoms with Crippen LogP contribution >= 0.6 is 0 Å². The zero-order valence-electron chi connectivity index (χ0n) is 10.2. The van der Waals surface area contributed by atoms with Gasteiger partial charge in [-0.25, -0.2) is 0 Å². The Kier molecular flexibility index (Phi) is 2.79. The zero-order chi connectivity index (χ0) is 13.2. The maximum Gasteiger partial charge on any atom is 0.0991 e. The lowest BCUT2D eigenvalue weighted by atomic mass is 10.1. The quantitative estimate of drug-likeness (QED) is 0.758. The number of aromatic nitrogens is 1. The van der Waals surface area contributed by atoms with E-state index in [-0.39, 0.29) is 6.61 Å². The molecular weight excluding hydrogens is 236 g/mol. The Morgan fingerprint density at radius 2 is 2.00 bits per heavy atom. The monoisotopic (exact) mass is 248 g/mol. The number of hydrogen-bond acceptors (Lipinski definition) is 2. The molecule has 0 aliphatic carbocycles. The second-order valence-corrected chi connectivity index (χ2v) is 4.40. The van der Waals surface area contributed by atoms with Crippen molar-refractivity contribution < 1.29 is 5.11 Å². The van der Waals surface area contributed by atoms with E-state index in [0.29, 0.717) is 5.56 Å². The second kappa shape index (κ2) is 4.60. The Morgan fingerprint density at radius 3 is 2.79 bits per heavy atom. The summed E-state index contributed by atoms with van der Waals surface area (Å²) in [7, 11) is 0. The van der Waals surface area contributed by atoms with Gasteiger partial charge in [0.2, 0.25) is 0 Å². The molecule has 0 radical (unpaired) electrons. The smallest absolute Gasteiger partial charge is 0.0991 e. The molecule has 0 fully saturated rings. The van der Waals surface area contributed by atoms with Gasteiger partial charge in [0, 0.05) is 17.3 Å². The van der Waals surface area contributed by atoms with E-state index in [9.17, 15) is 5.11 Å². The number of fused-ring (bicyclic) bond motifs is 1. The molecule has 92 valence electrons. The van der Waals surface area contributed by atoms with E-state index in [1.807, 2.05) is 54.7 Å². The molecule has 3 aromatic rings. The van der Waals surface area contributed by atoms with Crippen LogP contribution in [-0.4, -0.2) is 9.67 Å². The van der Waals surface area contributed by atoms with Gasteiger partial charge in [-0.2, -0.15) is 5.26 Å². The summed E-state index contributed by atoms with van der Waals surface area (Å²) in [4.78, 5) is 0. The normalized spacial score (nSPS) is 10.5. The highest BCUT2D eigenvalue weighted by Crippen LogP contribution is 2.22. The number of hydrogen-bond donors (Lipinski definition) is 1. The lowest BCUT2D eigenvalue weighted by Gasteiger charge is -2.07. The van der Waals surface area contributed by atoms with Crippen LogP contribution in [0.3, 0.4) is 0 Å². The van der Waals surface area contributed by atoms with Crippen LogP contribution in [0.4, 0.5) is 0 Å². The van der Waals surface area contributed by atoms with Gasteiger partial charge in [0.05, 0.1) is 23.8 Å². The van der Waals surface area contributed by atoms with Crippen molar-refractivity contribution in [3.8, 4) is 11.8 Å². The molecule has 0 spiro atoms. The molecule has 3 nitrogen and oxygen atoms in total. The predicted octanol–water partition coefficient (Wildman–Crippen LogP) is 2.99. The Balaban J connectivity index is 2.17. The first-order chi connectivity index (χ1) is 9.31. The summed E-state index contributed by atoms with van der Waals surface area (Å²) in [6.45, 7) is 0.0334. The van der Waals surface area contributed by atoms with Crippen LogP contribution in [0.5, 0.6) is 0 Å². The van der Waals surface area contributed by atoms with Gasteiger partial charge in [0.15, 0.2) is 0 Å².